The highest BCUT2D eigenvalue weighted by Gasteiger charge is 2.36. The molecule has 0 saturated carbocycles. The largest absolute Gasteiger partial charge is 0.462 e. The lowest BCUT2D eigenvalue weighted by Gasteiger charge is -2.12. The van der Waals surface area contributed by atoms with Gasteiger partial charge in [-0.2, -0.15) is 0 Å². The van der Waals surface area contributed by atoms with Crippen LogP contribution in [0.5, 0.6) is 0 Å². The maximum Gasteiger partial charge on any atom is 0.338 e. The first-order valence-electron chi connectivity index (χ1n) is 9.95. The summed E-state index contributed by atoms with van der Waals surface area (Å²) in [4.78, 5) is 50.2. The number of nitrogens with zero attached hydrogens (tertiary/aromatic N) is 1. The zero-order valence-corrected chi connectivity index (χ0v) is 18.9. The van der Waals surface area contributed by atoms with Crippen molar-refractivity contribution < 1.29 is 23.9 Å². The third-order valence-electron chi connectivity index (χ3n) is 4.48. The fourth-order valence-electron chi connectivity index (χ4n) is 2.77. The van der Waals surface area contributed by atoms with E-state index < -0.39 is 29.6 Å². The Bertz CT molecular complexity index is 1050. The minimum absolute atomic E-state index is 0.232. The lowest BCUT2D eigenvalue weighted by molar-refractivity contribution is -0.127. The van der Waals surface area contributed by atoms with E-state index in [1.807, 2.05) is 6.92 Å². The Balaban J connectivity index is 1.57. The molecule has 1 aliphatic rings. The zero-order chi connectivity index (χ0) is 23.1. The average Bonchev–Trinajstić information content (AvgIpc) is 3.03. The standard InChI is InChI=1S/C23H21ClN2O5S/c1-2-3-12-31-22(29)16-6-10-18(11-7-16)25-20(27)14-26-21(28)19(32-23(26)30)13-15-4-8-17(24)9-5-15/h4-11,13H,2-3,12,14H2,1H3,(H,25,27)/b19-13-. The van der Waals surface area contributed by atoms with Gasteiger partial charge in [0.1, 0.15) is 6.54 Å². The molecule has 166 valence electrons. The number of nitrogens with one attached hydrogen (secondary N) is 1. The van der Waals surface area contributed by atoms with Gasteiger partial charge in [-0.15, -0.1) is 0 Å². The van der Waals surface area contributed by atoms with Crippen molar-refractivity contribution in [3.8, 4) is 0 Å². The summed E-state index contributed by atoms with van der Waals surface area (Å²) in [5.41, 5.74) is 1.53. The summed E-state index contributed by atoms with van der Waals surface area (Å²) < 4.78 is 5.14. The van der Waals surface area contributed by atoms with Crippen LogP contribution in [-0.2, 0) is 14.3 Å². The van der Waals surface area contributed by atoms with Gasteiger partial charge in [-0.1, -0.05) is 37.1 Å². The zero-order valence-electron chi connectivity index (χ0n) is 17.3. The number of benzene rings is 2. The smallest absolute Gasteiger partial charge is 0.338 e. The molecule has 0 atom stereocenters. The quantitative estimate of drug-likeness (QED) is 0.331. The van der Waals surface area contributed by atoms with Crippen molar-refractivity contribution in [3.05, 3.63) is 69.6 Å². The van der Waals surface area contributed by atoms with Gasteiger partial charge in [-0.25, -0.2) is 4.79 Å². The molecule has 0 spiro atoms. The first-order valence-corrected chi connectivity index (χ1v) is 11.1. The lowest BCUT2D eigenvalue weighted by Crippen LogP contribution is -2.36. The third-order valence-corrected chi connectivity index (χ3v) is 5.64. The highest BCUT2D eigenvalue weighted by atomic mass is 35.5. The summed E-state index contributed by atoms with van der Waals surface area (Å²) in [5, 5.41) is 2.66. The third kappa shape index (κ3) is 6.21. The number of carbonyl (C=O) groups excluding carboxylic acids is 4. The second-order valence-electron chi connectivity index (χ2n) is 6.93. The lowest BCUT2D eigenvalue weighted by atomic mass is 10.2. The highest BCUT2D eigenvalue weighted by Crippen LogP contribution is 2.32. The van der Waals surface area contributed by atoms with Crippen LogP contribution in [0.3, 0.4) is 0 Å². The molecule has 2 aromatic rings. The van der Waals surface area contributed by atoms with Gasteiger partial charge in [0.15, 0.2) is 0 Å². The van der Waals surface area contributed by atoms with Gasteiger partial charge in [-0.3, -0.25) is 19.3 Å². The van der Waals surface area contributed by atoms with E-state index in [0.29, 0.717) is 22.9 Å². The average molecular weight is 473 g/mol. The van der Waals surface area contributed by atoms with Gasteiger partial charge < -0.3 is 10.1 Å². The molecule has 0 aromatic heterocycles. The van der Waals surface area contributed by atoms with E-state index in [1.54, 1.807) is 54.6 Å². The number of ether oxygens (including phenoxy) is 1. The second-order valence-corrected chi connectivity index (χ2v) is 8.36. The fraction of sp³-hybridized carbons (Fsp3) is 0.217. The number of rotatable bonds is 8. The summed E-state index contributed by atoms with van der Waals surface area (Å²) in [6.45, 7) is 1.95. The molecule has 1 saturated heterocycles. The van der Waals surface area contributed by atoms with Crippen molar-refractivity contribution in [2.24, 2.45) is 0 Å². The van der Waals surface area contributed by atoms with Crippen molar-refractivity contribution in [3.63, 3.8) is 0 Å². The number of esters is 1. The predicted molar refractivity (Wildman–Crippen MR) is 124 cm³/mol. The Morgan fingerprint density at radius 3 is 2.44 bits per heavy atom. The molecule has 7 nitrogen and oxygen atoms in total. The SMILES string of the molecule is CCCCOC(=O)c1ccc(NC(=O)CN2C(=O)S/C(=C\c3ccc(Cl)cc3)C2=O)cc1. The molecular formula is C23H21ClN2O5S. The van der Waals surface area contributed by atoms with Crippen molar-refractivity contribution in [2.45, 2.75) is 19.8 Å². The summed E-state index contributed by atoms with van der Waals surface area (Å²) in [7, 11) is 0. The van der Waals surface area contributed by atoms with Crippen LogP contribution in [-0.4, -0.2) is 41.1 Å². The predicted octanol–water partition coefficient (Wildman–Crippen LogP) is 4.97. The van der Waals surface area contributed by atoms with Crippen molar-refractivity contribution in [1.82, 2.24) is 4.90 Å². The molecule has 1 fully saturated rings. The first kappa shape index (κ1) is 23.6. The van der Waals surface area contributed by atoms with Crippen LogP contribution in [0.4, 0.5) is 10.5 Å². The molecular weight excluding hydrogens is 452 g/mol. The molecule has 1 heterocycles. The van der Waals surface area contributed by atoms with Gasteiger partial charge in [0.2, 0.25) is 5.91 Å². The molecule has 32 heavy (non-hydrogen) atoms. The van der Waals surface area contributed by atoms with E-state index in [0.717, 1.165) is 35.1 Å². The second kappa shape index (κ2) is 11.0. The molecule has 0 bridgehead atoms. The fourth-order valence-corrected chi connectivity index (χ4v) is 3.74. The van der Waals surface area contributed by atoms with Gasteiger partial charge in [0.25, 0.3) is 11.1 Å². The van der Waals surface area contributed by atoms with Crippen LogP contribution in [0.1, 0.15) is 35.7 Å². The molecule has 9 heteroatoms. The van der Waals surface area contributed by atoms with Crippen molar-refractivity contribution >= 4 is 58.1 Å². The van der Waals surface area contributed by atoms with Gasteiger partial charge >= 0.3 is 5.97 Å². The van der Waals surface area contributed by atoms with Gasteiger partial charge in [0, 0.05) is 10.7 Å². The normalized spacial score (nSPS) is 14.7. The van der Waals surface area contributed by atoms with E-state index in [1.165, 1.54) is 0 Å². The summed E-state index contributed by atoms with van der Waals surface area (Å²) in [6.07, 6.45) is 3.30. The Morgan fingerprint density at radius 1 is 1.09 bits per heavy atom. The van der Waals surface area contributed by atoms with Crippen LogP contribution >= 0.6 is 23.4 Å². The minimum Gasteiger partial charge on any atom is -0.462 e. The van der Waals surface area contributed by atoms with E-state index in [9.17, 15) is 19.2 Å². The van der Waals surface area contributed by atoms with E-state index in [2.05, 4.69) is 5.32 Å². The number of amides is 3. The summed E-state index contributed by atoms with van der Waals surface area (Å²) >= 11 is 6.63. The molecule has 3 amide bonds. The number of halogens is 1. The summed E-state index contributed by atoms with van der Waals surface area (Å²) in [5.74, 6) is -1.49. The Morgan fingerprint density at radius 2 is 1.78 bits per heavy atom. The molecule has 0 radical (unpaired) electrons. The van der Waals surface area contributed by atoms with E-state index >= 15 is 0 Å². The number of imide groups is 1. The first-order chi connectivity index (χ1) is 15.4. The van der Waals surface area contributed by atoms with Gasteiger partial charge in [-0.05, 0) is 66.2 Å². The van der Waals surface area contributed by atoms with Crippen molar-refractivity contribution in [2.75, 3.05) is 18.5 Å². The number of thioether (sulfide) groups is 1. The Kier molecular flexibility index (Phi) is 8.08. The molecule has 0 aliphatic carbocycles. The van der Waals surface area contributed by atoms with Crippen LogP contribution in [0.25, 0.3) is 6.08 Å². The van der Waals surface area contributed by atoms with Crippen LogP contribution in [0.15, 0.2) is 53.4 Å². The Hall–Kier alpha value is -3.10. The minimum atomic E-state index is -0.532. The number of carbonyl (C=O) groups is 4. The number of hydrogen-bond donors (Lipinski definition) is 1. The molecule has 1 N–H and O–H groups in total. The summed E-state index contributed by atoms with van der Waals surface area (Å²) in [6, 6.07) is 13.0. The molecule has 2 aromatic carbocycles. The van der Waals surface area contributed by atoms with E-state index in [-0.39, 0.29) is 4.91 Å². The highest BCUT2D eigenvalue weighted by molar-refractivity contribution is 8.18. The van der Waals surface area contributed by atoms with Crippen LogP contribution in [0.2, 0.25) is 5.02 Å². The topological polar surface area (TPSA) is 92.8 Å². The van der Waals surface area contributed by atoms with Crippen LogP contribution in [0, 0.1) is 0 Å². The Labute approximate surface area is 194 Å². The number of unbranched alkanes of at least 4 members (excludes halogenated alkanes) is 1. The molecule has 0 unspecified atom stereocenters. The monoisotopic (exact) mass is 472 g/mol. The van der Waals surface area contributed by atoms with Gasteiger partial charge in [0.05, 0.1) is 17.1 Å². The maximum absolute atomic E-state index is 12.6. The number of hydrogen-bond acceptors (Lipinski definition) is 6. The maximum atomic E-state index is 12.6. The van der Waals surface area contributed by atoms with E-state index in [4.69, 9.17) is 16.3 Å². The molecule has 3 rings (SSSR count). The van der Waals surface area contributed by atoms with Crippen LogP contribution < -0.4 is 5.32 Å². The van der Waals surface area contributed by atoms with Crippen molar-refractivity contribution in [1.29, 1.82) is 0 Å². The number of anilines is 1. The molecule has 1 aliphatic heterocycles.